The molecule has 0 bridgehead atoms. The SMILES string of the molecule is CC(C)CC1=NC(O)=C(OCc2ccccc2)N(Cc2ccccc2)C1C=O. The highest BCUT2D eigenvalue weighted by molar-refractivity contribution is 6.02. The van der Waals surface area contributed by atoms with Crippen molar-refractivity contribution in [2.45, 2.75) is 39.5 Å². The van der Waals surface area contributed by atoms with Crippen molar-refractivity contribution in [3.8, 4) is 0 Å². The minimum Gasteiger partial charge on any atom is -0.490 e. The molecule has 1 aliphatic heterocycles. The molecule has 0 spiro atoms. The van der Waals surface area contributed by atoms with Crippen LogP contribution in [0.25, 0.3) is 0 Å². The van der Waals surface area contributed by atoms with Crippen LogP contribution in [0.2, 0.25) is 0 Å². The molecule has 0 saturated carbocycles. The molecule has 146 valence electrons. The van der Waals surface area contributed by atoms with Crippen molar-refractivity contribution in [1.29, 1.82) is 0 Å². The van der Waals surface area contributed by atoms with E-state index in [1.807, 2.05) is 60.7 Å². The average Bonchev–Trinajstić information content (AvgIpc) is 2.69. The van der Waals surface area contributed by atoms with Crippen LogP contribution >= 0.6 is 0 Å². The summed E-state index contributed by atoms with van der Waals surface area (Å²) in [5.41, 5.74) is 2.65. The van der Waals surface area contributed by atoms with Crippen molar-refractivity contribution < 1.29 is 14.6 Å². The molecular weight excluding hydrogens is 352 g/mol. The van der Waals surface area contributed by atoms with Crippen LogP contribution in [0.1, 0.15) is 31.4 Å². The molecule has 1 atom stereocenters. The van der Waals surface area contributed by atoms with Gasteiger partial charge < -0.3 is 19.5 Å². The van der Waals surface area contributed by atoms with Crippen LogP contribution in [-0.4, -0.2) is 28.0 Å². The van der Waals surface area contributed by atoms with Gasteiger partial charge in [0.25, 0.3) is 11.8 Å². The standard InChI is InChI=1S/C23H26N2O3/c1-17(2)13-20-21(15-26)25(14-18-9-5-3-6-10-18)23(22(27)24-20)28-16-19-11-7-4-8-12-19/h3-12,15,17,21,27H,13-14,16H2,1-2H3. The fourth-order valence-electron chi connectivity index (χ4n) is 3.24. The maximum atomic E-state index is 12.0. The molecule has 1 heterocycles. The first kappa shape index (κ1) is 19.7. The van der Waals surface area contributed by atoms with E-state index in [1.54, 1.807) is 4.90 Å². The predicted molar refractivity (Wildman–Crippen MR) is 110 cm³/mol. The summed E-state index contributed by atoms with van der Waals surface area (Å²) in [6, 6.07) is 19.0. The summed E-state index contributed by atoms with van der Waals surface area (Å²) in [5, 5.41) is 10.6. The van der Waals surface area contributed by atoms with Crippen LogP contribution in [-0.2, 0) is 22.7 Å². The summed E-state index contributed by atoms with van der Waals surface area (Å²) >= 11 is 0. The molecule has 0 aliphatic carbocycles. The lowest BCUT2D eigenvalue weighted by atomic mass is 9.99. The smallest absolute Gasteiger partial charge is 0.273 e. The van der Waals surface area contributed by atoms with Crippen LogP contribution in [0.3, 0.4) is 0 Å². The number of hydrogen-bond donors (Lipinski definition) is 1. The van der Waals surface area contributed by atoms with Gasteiger partial charge in [0, 0.05) is 6.54 Å². The van der Waals surface area contributed by atoms with E-state index >= 15 is 0 Å². The van der Waals surface area contributed by atoms with Gasteiger partial charge in [-0.2, -0.15) is 0 Å². The maximum absolute atomic E-state index is 12.0. The summed E-state index contributed by atoms with van der Waals surface area (Å²) in [7, 11) is 0. The van der Waals surface area contributed by atoms with Crippen molar-refractivity contribution in [2.75, 3.05) is 0 Å². The Hall–Kier alpha value is -3.08. The molecular formula is C23H26N2O3. The summed E-state index contributed by atoms with van der Waals surface area (Å²) in [5.74, 6) is 0.372. The van der Waals surface area contributed by atoms with Gasteiger partial charge in [-0.05, 0) is 23.5 Å². The van der Waals surface area contributed by atoms with Crippen LogP contribution in [0.5, 0.6) is 0 Å². The van der Waals surface area contributed by atoms with E-state index in [4.69, 9.17) is 4.74 Å². The third-order valence-corrected chi connectivity index (χ3v) is 4.54. The summed E-state index contributed by atoms with van der Waals surface area (Å²) in [6.07, 6.45) is 1.51. The molecule has 5 nitrogen and oxygen atoms in total. The molecule has 1 N–H and O–H groups in total. The molecule has 0 radical (unpaired) electrons. The number of rotatable bonds is 8. The average molecular weight is 378 g/mol. The van der Waals surface area contributed by atoms with Gasteiger partial charge in [-0.1, -0.05) is 74.5 Å². The van der Waals surface area contributed by atoms with E-state index in [0.717, 1.165) is 17.4 Å². The zero-order chi connectivity index (χ0) is 19.9. The number of aliphatic imine (C=N–C) groups is 1. The molecule has 0 amide bonds. The molecule has 2 aromatic rings. The first-order valence-corrected chi connectivity index (χ1v) is 9.51. The molecule has 2 aromatic carbocycles. The lowest BCUT2D eigenvalue weighted by Crippen LogP contribution is -2.45. The minimum atomic E-state index is -0.565. The summed E-state index contributed by atoms with van der Waals surface area (Å²) in [6.45, 7) is 4.85. The van der Waals surface area contributed by atoms with Crippen molar-refractivity contribution in [3.05, 3.63) is 83.6 Å². The monoisotopic (exact) mass is 378 g/mol. The van der Waals surface area contributed by atoms with Gasteiger partial charge in [0.15, 0.2) is 0 Å². The summed E-state index contributed by atoms with van der Waals surface area (Å²) < 4.78 is 5.94. The van der Waals surface area contributed by atoms with E-state index < -0.39 is 6.04 Å². The second-order valence-corrected chi connectivity index (χ2v) is 7.30. The van der Waals surface area contributed by atoms with Crippen LogP contribution < -0.4 is 0 Å². The van der Waals surface area contributed by atoms with Gasteiger partial charge in [0.1, 0.15) is 18.9 Å². The molecule has 3 rings (SSSR count). The number of aliphatic hydroxyl groups excluding tert-OH is 1. The first-order valence-electron chi connectivity index (χ1n) is 9.51. The van der Waals surface area contributed by atoms with E-state index in [2.05, 4.69) is 18.8 Å². The number of benzene rings is 2. The molecule has 1 unspecified atom stereocenters. The number of aliphatic hydroxyl groups is 1. The Labute approximate surface area is 166 Å². The number of nitrogens with zero attached hydrogens (tertiary/aromatic N) is 2. The van der Waals surface area contributed by atoms with Gasteiger partial charge in [0.2, 0.25) is 0 Å². The zero-order valence-electron chi connectivity index (χ0n) is 16.3. The molecule has 5 heteroatoms. The van der Waals surface area contributed by atoms with Crippen LogP contribution in [0.4, 0.5) is 0 Å². The van der Waals surface area contributed by atoms with E-state index in [-0.39, 0.29) is 18.4 Å². The highest BCUT2D eigenvalue weighted by atomic mass is 16.5. The number of hydrogen-bond acceptors (Lipinski definition) is 5. The predicted octanol–water partition coefficient (Wildman–Crippen LogP) is 4.46. The Kier molecular flexibility index (Phi) is 6.48. The second kappa shape index (κ2) is 9.22. The van der Waals surface area contributed by atoms with Crippen molar-refractivity contribution in [2.24, 2.45) is 10.9 Å². The number of carbonyl (C=O) groups excluding carboxylic acids is 1. The van der Waals surface area contributed by atoms with Gasteiger partial charge >= 0.3 is 0 Å². The van der Waals surface area contributed by atoms with Gasteiger partial charge in [-0.25, -0.2) is 4.99 Å². The van der Waals surface area contributed by atoms with Crippen molar-refractivity contribution in [3.63, 3.8) is 0 Å². The highest BCUT2D eigenvalue weighted by Gasteiger charge is 2.33. The molecule has 28 heavy (non-hydrogen) atoms. The van der Waals surface area contributed by atoms with Gasteiger partial charge in [0.05, 0.1) is 5.71 Å². The quantitative estimate of drug-likeness (QED) is 0.689. The number of carbonyl (C=O) groups is 1. The van der Waals surface area contributed by atoms with E-state index in [9.17, 15) is 9.90 Å². The van der Waals surface area contributed by atoms with Crippen LogP contribution in [0.15, 0.2) is 77.4 Å². The van der Waals surface area contributed by atoms with Crippen LogP contribution in [0, 0.1) is 5.92 Å². The number of aldehydes is 1. The fraction of sp³-hybridized carbons (Fsp3) is 0.304. The normalized spacial score (nSPS) is 16.9. The summed E-state index contributed by atoms with van der Waals surface area (Å²) in [4.78, 5) is 18.1. The van der Waals surface area contributed by atoms with Gasteiger partial charge in [-0.3, -0.25) is 0 Å². The van der Waals surface area contributed by atoms with E-state index in [0.29, 0.717) is 24.6 Å². The fourth-order valence-corrected chi connectivity index (χ4v) is 3.24. The number of ether oxygens (including phenoxy) is 1. The van der Waals surface area contributed by atoms with Gasteiger partial charge in [-0.15, -0.1) is 0 Å². The zero-order valence-corrected chi connectivity index (χ0v) is 16.3. The van der Waals surface area contributed by atoms with Crippen molar-refractivity contribution in [1.82, 2.24) is 4.90 Å². The lowest BCUT2D eigenvalue weighted by molar-refractivity contribution is -0.111. The topological polar surface area (TPSA) is 62.1 Å². The lowest BCUT2D eigenvalue weighted by Gasteiger charge is -2.35. The Balaban J connectivity index is 1.91. The highest BCUT2D eigenvalue weighted by Crippen LogP contribution is 2.27. The minimum absolute atomic E-state index is 0.180. The molecule has 0 saturated heterocycles. The largest absolute Gasteiger partial charge is 0.490 e. The molecule has 0 aromatic heterocycles. The maximum Gasteiger partial charge on any atom is 0.273 e. The first-order chi connectivity index (χ1) is 13.6. The Morgan fingerprint density at radius 1 is 1.07 bits per heavy atom. The third-order valence-electron chi connectivity index (χ3n) is 4.54. The third kappa shape index (κ3) is 4.80. The molecule has 1 aliphatic rings. The van der Waals surface area contributed by atoms with E-state index in [1.165, 1.54) is 0 Å². The van der Waals surface area contributed by atoms with Crippen molar-refractivity contribution >= 4 is 12.0 Å². The Bertz CT molecular complexity index is 845. The second-order valence-electron chi connectivity index (χ2n) is 7.30. The molecule has 0 fully saturated rings. The Morgan fingerprint density at radius 3 is 2.25 bits per heavy atom. The Morgan fingerprint density at radius 2 is 1.68 bits per heavy atom.